The monoisotopic (exact) mass is 367 g/mol. The summed E-state index contributed by atoms with van der Waals surface area (Å²) in [6, 6.07) is 1.26. The van der Waals surface area contributed by atoms with Crippen molar-refractivity contribution in [3.63, 3.8) is 0 Å². The summed E-state index contributed by atoms with van der Waals surface area (Å²) in [6.45, 7) is -0.326. The molecule has 0 atom stereocenters. The maximum atomic E-state index is 14.5. The fourth-order valence-electron chi connectivity index (χ4n) is 2.36. The van der Waals surface area contributed by atoms with Crippen LogP contribution >= 0.6 is 11.6 Å². The average Bonchev–Trinajstić information content (AvgIpc) is 3.01. The van der Waals surface area contributed by atoms with Crippen LogP contribution in [0.2, 0.25) is 5.02 Å². The van der Waals surface area contributed by atoms with Gasteiger partial charge >= 0.3 is 6.36 Å². The van der Waals surface area contributed by atoms with Gasteiger partial charge in [-0.05, 0) is 5.21 Å². The Bertz CT molecular complexity index is 725. The van der Waals surface area contributed by atoms with Gasteiger partial charge in [0.1, 0.15) is 12.4 Å². The zero-order valence-corrected chi connectivity index (χ0v) is 12.7. The molecule has 24 heavy (non-hydrogen) atoms. The highest BCUT2D eigenvalue weighted by molar-refractivity contribution is 6.31. The Morgan fingerprint density at radius 3 is 2.88 bits per heavy atom. The van der Waals surface area contributed by atoms with Crippen molar-refractivity contribution < 1.29 is 27.0 Å². The van der Waals surface area contributed by atoms with Gasteiger partial charge in [-0.15, -0.1) is 23.4 Å². The first-order valence-corrected chi connectivity index (χ1v) is 7.09. The number of fused-ring (bicyclic) bond motifs is 1. The topological polar surface area (TPSA) is 76.2 Å². The number of hydrogen-bond donors (Lipinski definition) is 1. The molecule has 3 rings (SSSR count). The third-order valence-electron chi connectivity index (χ3n) is 3.29. The molecule has 1 aliphatic rings. The number of aromatic amines is 1. The van der Waals surface area contributed by atoms with Crippen molar-refractivity contribution in [3.8, 4) is 17.1 Å². The first-order chi connectivity index (χ1) is 11.4. The van der Waals surface area contributed by atoms with E-state index in [0.29, 0.717) is 0 Å². The summed E-state index contributed by atoms with van der Waals surface area (Å²) >= 11 is 5.85. The third kappa shape index (κ3) is 3.36. The summed E-state index contributed by atoms with van der Waals surface area (Å²) in [4.78, 5) is 1.50. The Kier molecular flexibility index (Phi) is 4.45. The standard InChI is InChI=1S/C12H10ClF4N5O2/c13-6-5-7-10(8(9(6)14)11-18-20-21-19-11)22(1-3-23-7)2-4-24-12(15,16)17/h5H,1-4H2,(H,18,19,20,21). The van der Waals surface area contributed by atoms with Crippen LogP contribution in [0.1, 0.15) is 0 Å². The number of alkyl halides is 3. The van der Waals surface area contributed by atoms with Crippen LogP contribution in [0, 0.1) is 5.82 Å². The summed E-state index contributed by atoms with van der Waals surface area (Å²) < 4.78 is 60.2. The van der Waals surface area contributed by atoms with Gasteiger partial charge in [0, 0.05) is 12.6 Å². The molecule has 0 fully saturated rings. The highest BCUT2D eigenvalue weighted by atomic mass is 35.5. The molecule has 0 saturated heterocycles. The van der Waals surface area contributed by atoms with Crippen molar-refractivity contribution >= 4 is 17.3 Å². The molecular weight excluding hydrogens is 358 g/mol. The number of benzene rings is 1. The largest absolute Gasteiger partial charge is 0.522 e. The first kappa shape index (κ1) is 16.7. The van der Waals surface area contributed by atoms with E-state index in [1.165, 1.54) is 11.0 Å². The van der Waals surface area contributed by atoms with Crippen molar-refractivity contribution in [1.29, 1.82) is 0 Å². The van der Waals surface area contributed by atoms with E-state index in [1.54, 1.807) is 0 Å². The lowest BCUT2D eigenvalue weighted by Crippen LogP contribution is -2.37. The van der Waals surface area contributed by atoms with E-state index in [2.05, 4.69) is 25.4 Å². The van der Waals surface area contributed by atoms with E-state index < -0.39 is 18.8 Å². The number of H-pyrrole nitrogens is 1. The summed E-state index contributed by atoms with van der Waals surface area (Å²) in [7, 11) is 0. The molecule has 0 bridgehead atoms. The predicted octanol–water partition coefficient (Wildman–Crippen LogP) is 2.39. The van der Waals surface area contributed by atoms with Crippen molar-refractivity contribution in [3.05, 3.63) is 16.9 Å². The molecule has 2 heterocycles. The van der Waals surface area contributed by atoms with E-state index in [9.17, 15) is 17.6 Å². The molecule has 130 valence electrons. The Labute approximate surface area is 137 Å². The molecule has 0 radical (unpaired) electrons. The Balaban J connectivity index is 1.97. The van der Waals surface area contributed by atoms with Gasteiger partial charge in [-0.2, -0.15) is 5.21 Å². The molecule has 1 aliphatic heterocycles. The minimum atomic E-state index is -4.74. The molecule has 12 heteroatoms. The maximum absolute atomic E-state index is 14.5. The molecule has 0 amide bonds. The van der Waals surface area contributed by atoms with Gasteiger partial charge < -0.3 is 9.64 Å². The zero-order chi connectivity index (χ0) is 17.3. The number of ether oxygens (including phenoxy) is 2. The third-order valence-corrected chi connectivity index (χ3v) is 3.56. The molecule has 0 saturated carbocycles. The van der Waals surface area contributed by atoms with Gasteiger partial charge in [-0.1, -0.05) is 11.6 Å². The number of nitrogens with one attached hydrogen (secondary N) is 1. The molecule has 1 aromatic carbocycles. The van der Waals surface area contributed by atoms with Gasteiger partial charge in [-0.25, -0.2) is 4.39 Å². The summed E-state index contributed by atoms with van der Waals surface area (Å²) in [6.07, 6.45) is -4.74. The van der Waals surface area contributed by atoms with Crippen LogP contribution in [-0.2, 0) is 4.74 Å². The molecule has 7 nitrogen and oxygen atoms in total. The molecule has 1 aromatic heterocycles. The molecule has 0 unspecified atom stereocenters. The number of halogens is 5. The molecular formula is C12H10ClF4N5O2. The second-order valence-electron chi connectivity index (χ2n) is 4.76. The smallest absolute Gasteiger partial charge is 0.489 e. The van der Waals surface area contributed by atoms with E-state index in [4.69, 9.17) is 16.3 Å². The van der Waals surface area contributed by atoms with Crippen LogP contribution < -0.4 is 9.64 Å². The van der Waals surface area contributed by atoms with Crippen molar-refractivity contribution in [2.24, 2.45) is 0 Å². The average molecular weight is 368 g/mol. The van der Waals surface area contributed by atoms with Crippen LogP contribution in [0.4, 0.5) is 23.2 Å². The fourth-order valence-corrected chi connectivity index (χ4v) is 2.56. The highest BCUT2D eigenvalue weighted by Crippen LogP contribution is 2.44. The van der Waals surface area contributed by atoms with Gasteiger partial charge in [0.05, 0.1) is 29.4 Å². The number of tetrazole rings is 1. The Morgan fingerprint density at radius 2 is 2.21 bits per heavy atom. The van der Waals surface area contributed by atoms with Crippen molar-refractivity contribution in [2.45, 2.75) is 6.36 Å². The van der Waals surface area contributed by atoms with E-state index in [-0.39, 0.29) is 47.5 Å². The molecule has 0 aliphatic carbocycles. The lowest BCUT2D eigenvalue weighted by Gasteiger charge is -2.33. The zero-order valence-electron chi connectivity index (χ0n) is 11.9. The summed E-state index contributed by atoms with van der Waals surface area (Å²) in [5, 5.41) is 12.7. The van der Waals surface area contributed by atoms with Crippen LogP contribution in [-0.4, -0.2) is 53.3 Å². The summed E-state index contributed by atoms with van der Waals surface area (Å²) in [5.74, 6) is -0.679. The fraction of sp³-hybridized carbons (Fsp3) is 0.417. The Hall–Kier alpha value is -2.14. The van der Waals surface area contributed by atoms with Gasteiger partial charge in [0.2, 0.25) is 5.82 Å². The highest BCUT2D eigenvalue weighted by Gasteiger charge is 2.32. The number of nitrogens with zero attached hydrogens (tertiary/aromatic N) is 4. The van der Waals surface area contributed by atoms with Crippen LogP contribution in [0.25, 0.3) is 11.4 Å². The molecule has 0 spiro atoms. The minimum absolute atomic E-state index is 0.0847. The van der Waals surface area contributed by atoms with E-state index in [0.717, 1.165) is 0 Å². The van der Waals surface area contributed by atoms with E-state index >= 15 is 0 Å². The van der Waals surface area contributed by atoms with E-state index in [1.807, 2.05) is 0 Å². The van der Waals surface area contributed by atoms with Crippen LogP contribution in [0.5, 0.6) is 5.75 Å². The Morgan fingerprint density at radius 1 is 1.42 bits per heavy atom. The predicted molar refractivity (Wildman–Crippen MR) is 74.3 cm³/mol. The normalized spacial score (nSPS) is 14.5. The van der Waals surface area contributed by atoms with Crippen molar-refractivity contribution in [2.75, 3.05) is 31.2 Å². The second-order valence-corrected chi connectivity index (χ2v) is 5.17. The van der Waals surface area contributed by atoms with Gasteiger partial charge in [0.15, 0.2) is 5.82 Å². The lowest BCUT2D eigenvalue weighted by molar-refractivity contribution is -0.323. The maximum Gasteiger partial charge on any atom is 0.522 e. The first-order valence-electron chi connectivity index (χ1n) is 6.71. The van der Waals surface area contributed by atoms with Crippen LogP contribution in [0.15, 0.2) is 6.07 Å². The lowest BCUT2D eigenvalue weighted by atomic mass is 10.1. The quantitative estimate of drug-likeness (QED) is 0.836. The molecule has 1 N–H and O–H groups in total. The second kappa shape index (κ2) is 6.40. The SMILES string of the molecule is Fc1c(Cl)cc2c(c1-c1nn[nH]n1)N(CCOC(F)(F)F)CCO2. The summed E-state index contributed by atoms with van der Waals surface area (Å²) in [5.41, 5.74) is 0.105. The minimum Gasteiger partial charge on any atom is -0.489 e. The number of rotatable bonds is 4. The van der Waals surface area contributed by atoms with Gasteiger partial charge in [0.25, 0.3) is 0 Å². The number of hydrogen-bond acceptors (Lipinski definition) is 6. The number of aromatic nitrogens is 4. The van der Waals surface area contributed by atoms with Crippen LogP contribution in [0.3, 0.4) is 0 Å². The number of anilines is 1. The molecule has 2 aromatic rings. The van der Waals surface area contributed by atoms with Crippen molar-refractivity contribution in [1.82, 2.24) is 20.6 Å². The van der Waals surface area contributed by atoms with Gasteiger partial charge in [-0.3, -0.25) is 4.74 Å².